The van der Waals surface area contributed by atoms with Crippen LogP contribution in [0.4, 0.5) is 28.4 Å². The summed E-state index contributed by atoms with van der Waals surface area (Å²) in [5.41, 5.74) is 6.10. The number of nitrogens with zero attached hydrogens (tertiary/aromatic N) is 4. The molecule has 0 aliphatic rings. The summed E-state index contributed by atoms with van der Waals surface area (Å²) in [5, 5.41) is 47.0. The number of nitrogens with two attached hydrogens (primary N) is 1. The zero-order valence-corrected chi connectivity index (χ0v) is 22.0. The fraction of sp³-hybridized carbons (Fsp3) is 0. The molecule has 0 aliphatic carbocycles. The van der Waals surface area contributed by atoms with E-state index in [0.717, 1.165) is 6.07 Å². The van der Waals surface area contributed by atoms with Crippen LogP contribution in [-0.4, -0.2) is 40.2 Å². The van der Waals surface area contributed by atoms with Crippen molar-refractivity contribution in [3.8, 4) is 5.75 Å². The van der Waals surface area contributed by atoms with Crippen LogP contribution in [0.15, 0.2) is 104 Å². The Hall–Kier alpha value is -5.73. The molecule has 0 atom stereocenters. The van der Waals surface area contributed by atoms with Gasteiger partial charge in [0, 0.05) is 21.8 Å². The molecule has 5 rings (SSSR count). The van der Waals surface area contributed by atoms with E-state index >= 15 is 0 Å². The van der Waals surface area contributed by atoms with Crippen molar-refractivity contribution in [2.45, 2.75) is 4.90 Å². The predicted octanol–water partition coefficient (Wildman–Crippen LogP) is 6.75. The number of carboxylic acids is 2. The third-order valence-electron chi connectivity index (χ3n) is 6.20. The molecule has 5 aromatic carbocycles. The second-order valence-electron chi connectivity index (χ2n) is 8.95. The van der Waals surface area contributed by atoms with Crippen LogP contribution in [0, 0.1) is 0 Å². The van der Waals surface area contributed by atoms with Crippen LogP contribution in [0.2, 0.25) is 0 Å². The number of rotatable bonds is 7. The van der Waals surface area contributed by atoms with Crippen molar-refractivity contribution in [1.29, 1.82) is 0 Å². The highest BCUT2D eigenvalue weighted by atomic mass is 32.2. The molecule has 0 spiro atoms. The fourth-order valence-corrected chi connectivity index (χ4v) is 4.85. The number of aromatic carboxylic acids is 2. The predicted molar refractivity (Wildman–Crippen MR) is 153 cm³/mol. The van der Waals surface area contributed by atoms with E-state index in [2.05, 4.69) is 20.5 Å². The standard InChI is InChI=1S/C28H19N5O8S/c29-17-6-4-14-12-24(42(39,40)41)25(26(34)20(14)13-17)33-32-22-8-9-23(21-11-16(28(37)38)5-7-19(21)22)31-30-18-3-1-2-15(10-18)27(35)36/h1-13,34H,29H2,(H,35,36)(H,37,38)(H,39,40,41). The molecule has 42 heavy (non-hydrogen) atoms. The largest absolute Gasteiger partial charge is 0.505 e. The monoisotopic (exact) mass is 585 g/mol. The number of carboxylic acid groups (broad SMARTS) is 2. The number of aromatic hydroxyl groups is 1. The molecule has 0 radical (unpaired) electrons. The number of phenols is 1. The Morgan fingerprint density at radius 2 is 1.36 bits per heavy atom. The molecule has 0 saturated carbocycles. The van der Waals surface area contributed by atoms with E-state index in [1.807, 2.05) is 0 Å². The molecule has 0 fully saturated rings. The first-order chi connectivity index (χ1) is 19.9. The van der Waals surface area contributed by atoms with E-state index in [-0.39, 0.29) is 44.3 Å². The third-order valence-corrected chi connectivity index (χ3v) is 7.06. The van der Waals surface area contributed by atoms with Gasteiger partial charge < -0.3 is 21.1 Å². The van der Waals surface area contributed by atoms with Gasteiger partial charge in [-0.05, 0) is 66.0 Å². The highest BCUT2D eigenvalue weighted by molar-refractivity contribution is 7.86. The molecule has 210 valence electrons. The summed E-state index contributed by atoms with van der Waals surface area (Å²) in [6, 6.07) is 18.3. The molecule has 0 unspecified atom stereocenters. The van der Waals surface area contributed by atoms with E-state index in [1.165, 1.54) is 66.7 Å². The van der Waals surface area contributed by atoms with Crippen molar-refractivity contribution in [1.82, 2.24) is 0 Å². The van der Waals surface area contributed by atoms with Crippen LogP contribution in [-0.2, 0) is 10.1 Å². The minimum absolute atomic E-state index is 0.00382. The van der Waals surface area contributed by atoms with Crippen LogP contribution >= 0.6 is 0 Å². The van der Waals surface area contributed by atoms with Gasteiger partial charge in [-0.2, -0.15) is 13.5 Å². The van der Waals surface area contributed by atoms with Gasteiger partial charge in [0.2, 0.25) is 0 Å². The Balaban J connectivity index is 1.65. The minimum atomic E-state index is -4.84. The molecule has 5 aromatic rings. The number of nitrogen functional groups attached to an aromatic ring is 1. The molecule has 6 N–H and O–H groups in total. The summed E-state index contributed by atoms with van der Waals surface area (Å²) < 4.78 is 34.1. The SMILES string of the molecule is Nc1ccc2cc(S(=O)(=O)O)c(N=Nc3ccc(N=Nc4cccc(C(=O)O)c4)c4cc(C(=O)O)ccc34)c(O)c2c1. The maximum atomic E-state index is 12.1. The second kappa shape index (κ2) is 10.7. The van der Waals surface area contributed by atoms with Gasteiger partial charge >= 0.3 is 11.9 Å². The quantitative estimate of drug-likeness (QED) is 0.0771. The van der Waals surface area contributed by atoms with Crippen LogP contribution in [0.3, 0.4) is 0 Å². The Morgan fingerprint density at radius 1 is 0.690 bits per heavy atom. The number of phenolic OH excluding ortho intramolecular Hbond substituents is 1. The van der Waals surface area contributed by atoms with E-state index in [0.29, 0.717) is 11.1 Å². The minimum Gasteiger partial charge on any atom is -0.505 e. The highest BCUT2D eigenvalue weighted by Crippen LogP contribution is 2.43. The molecular weight excluding hydrogens is 566 g/mol. The molecule has 13 nitrogen and oxygen atoms in total. The zero-order valence-electron chi connectivity index (χ0n) is 21.2. The first kappa shape index (κ1) is 27.8. The summed E-state index contributed by atoms with van der Waals surface area (Å²) in [6.45, 7) is 0. The van der Waals surface area contributed by atoms with Crippen molar-refractivity contribution < 1.29 is 37.9 Å². The Labute approximate surface area is 236 Å². The van der Waals surface area contributed by atoms with Crippen molar-refractivity contribution in [3.05, 3.63) is 90.0 Å². The molecule has 0 heterocycles. The number of carbonyl (C=O) groups is 2. The number of hydrogen-bond donors (Lipinski definition) is 5. The topological polar surface area (TPSA) is 225 Å². The van der Waals surface area contributed by atoms with Crippen molar-refractivity contribution in [2.24, 2.45) is 20.5 Å². The number of anilines is 1. The van der Waals surface area contributed by atoms with E-state index < -0.39 is 38.4 Å². The number of hydrogen-bond acceptors (Lipinski definition) is 10. The lowest BCUT2D eigenvalue weighted by Crippen LogP contribution is -1.99. The van der Waals surface area contributed by atoms with Crippen molar-refractivity contribution >= 4 is 72.0 Å². The Bertz CT molecular complexity index is 2110. The summed E-state index contributed by atoms with van der Waals surface area (Å²) in [6.07, 6.45) is 0. The molecule has 0 bridgehead atoms. The molecule has 0 saturated heterocycles. The number of fused-ring (bicyclic) bond motifs is 2. The lowest BCUT2D eigenvalue weighted by Gasteiger charge is -2.10. The number of benzene rings is 5. The first-order valence-corrected chi connectivity index (χ1v) is 13.4. The highest BCUT2D eigenvalue weighted by Gasteiger charge is 2.22. The molecular formula is C28H19N5O8S. The lowest BCUT2D eigenvalue weighted by molar-refractivity contribution is 0.0686. The van der Waals surface area contributed by atoms with Crippen molar-refractivity contribution in [3.63, 3.8) is 0 Å². The fourth-order valence-electron chi connectivity index (χ4n) is 4.19. The maximum Gasteiger partial charge on any atom is 0.335 e. The van der Waals surface area contributed by atoms with Crippen molar-refractivity contribution in [2.75, 3.05) is 5.73 Å². The third kappa shape index (κ3) is 5.47. The van der Waals surface area contributed by atoms with Gasteiger partial charge in [0.05, 0.1) is 28.2 Å². The first-order valence-electron chi connectivity index (χ1n) is 11.9. The maximum absolute atomic E-state index is 12.1. The van der Waals surface area contributed by atoms with Crippen LogP contribution < -0.4 is 5.73 Å². The van der Waals surface area contributed by atoms with Crippen LogP contribution in [0.1, 0.15) is 20.7 Å². The smallest absolute Gasteiger partial charge is 0.335 e. The summed E-state index contributed by atoms with van der Waals surface area (Å²) in [7, 11) is -4.84. The molecule has 0 amide bonds. The summed E-state index contributed by atoms with van der Waals surface area (Å²) in [5.74, 6) is -2.93. The van der Waals surface area contributed by atoms with Gasteiger partial charge in [0.15, 0.2) is 5.75 Å². The van der Waals surface area contributed by atoms with Crippen LogP contribution in [0.5, 0.6) is 5.75 Å². The van der Waals surface area contributed by atoms with E-state index in [9.17, 15) is 37.9 Å². The van der Waals surface area contributed by atoms with Gasteiger partial charge in [0.1, 0.15) is 10.6 Å². The van der Waals surface area contributed by atoms with E-state index in [4.69, 9.17) is 5.73 Å². The second-order valence-corrected chi connectivity index (χ2v) is 10.3. The average molecular weight is 586 g/mol. The van der Waals surface area contributed by atoms with Gasteiger partial charge in [-0.1, -0.05) is 18.2 Å². The molecule has 0 aliphatic heterocycles. The van der Waals surface area contributed by atoms with Gasteiger partial charge in [-0.3, -0.25) is 4.55 Å². The zero-order chi connectivity index (χ0) is 30.2. The summed E-state index contributed by atoms with van der Waals surface area (Å²) >= 11 is 0. The normalized spacial score (nSPS) is 12.0. The molecule has 0 aromatic heterocycles. The van der Waals surface area contributed by atoms with Crippen LogP contribution in [0.25, 0.3) is 21.5 Å². The molecule has 14 heteroatoms. The van der Waals surface area contributed by atoms with E-state index in [1.54, 1.807) is 6.07 Å². The summed E-state index contributed by atoms with van der Waals surface area (Å²) in [4.78, 5) is 22.2. The van der Waals surface area contributed by atoms with Gasteiger partial charge in [0.25, 0.3) is 10.1 Å². The number of azo groups is 2. The van der Waals surface area contributed by atoms with Gasteiger partial charge in [-0.15, -0.1) is 15.3 Å². The van der Waals surface area contributed by atoms with Gasteiger partial charge in [-0.25, -0.2) is 9.59 Å². The Morgan fingerprint density at radius 3 is 2.05 bits per heavy atom. The Kier molecular flexibility index (Phi) is 7.08. The average Bonchev–Trinajstić information content (AvgIpc) is 2.95. The lowest BCUT2D eigenvalue weighted by atomic mass is 10.0.